The van der Waals surface area contributed by atoms with E-state index in [9.17, 15) is 14.0 Å². The molecule has 0 saturated carbocycles. The van der Waals surface area contributed by atoms with Crippen molar-refractivity contribution in [2.45, 2.75) is 25.2 Å². The van der Waals surface area contributed by atoms with Crippen LogP contribution in [0.4, 0.5) is 4.39 Å². The van der Waals surface area contributed by atoms with Crippen LogP contribution >= 0.6 is 0 Å². The molecule has 3 aromatic rings. The maximum atomic E-state index is 14.6. The summed E-state index contributed by atoms with van der Waals surface area (Å²) in [6.07, 6.45) is 0.239. The highest BCUT2D eigenvalue weighted by molar-refractivity contribution is 5.79. The molecule has 4 rings (SSSR count). The topological polar surface area (TPSA) is 75.3 Å². The number of nitrogens with one attached hydrogen (secondary N) is 1. The molecule has 1 aliphatic heterocycles. The molecule has 0 aliphatic carbocycles. The quantitative estimate of drug-likeness (QED) is 0.687. The van der Waals surface area contributed by atoms with Gasteiger partial charge in [0.1, 0.15) is 17.4 Å². The standard InChI is InChI=1S/C24H24FN3O3/c1-15-26-22(12-23(29)27-15)20-14-28(13-19(20)18-5-3-4-6-21(18)25)24(30)11-16-7-9-17(31-2)10-8-16/h3-10,12,19-20H,11,13-14H2,1-2H3,(H,26,27,29)/t19-,20+/m0/s1. The maximum absolute atomic E-state index is 14.6. The Morgan fingerprint density at radius 3 is 2.55 bits per heavy atom. The summed E-state index contributed by atoms with van der Waals surface area (Å²) in [6.45, 7) is 2.46. The molecule has 0 unspecified atom stereocenters. The predicted molar refractivity (Wildman–Crippen MR) is 115 cm³/mol. The smallest absolute Gasteiger partial charge is 0.251 e. The summed E-state index contributed by atoms with van der Waals surface area (Å²) in [5.74, 6) is 0.317. The summed E-state index contributed by atoms with van der Waals surface area (Å²) < 4.78 is 19.8. The number of benzene rings is 2. The van der Waals surface area contributed by atoms with Gasteiger partial charge in [0.05, 0.1) is 19.2 Å². The molecule has 0 bridgehead atoms. The van der Waals surface area contributed by atoms with Crippen LogP contribution in [-0.2, 0) is 11.2 Å². The molecule has 1 amide bonds. The summed E-state index contributed by atoms with van der Waals surface area (Å²) in [7, 11) is 1.60. The minimum Gasteiger partial charge on any atom is -0.497 e. The molecule has 2 aromatic carbocycles. The highest BCUT2D eigenvalue weighted by Gasteiger charge is 2.39. The molecule has 1 aliphatic rings. The van der Waals surface area contributed by atoms with Gasteiger partial charge in [-0.05, 0) is 36.2 Å². The van der Waals surface area contributed by atoms with Gasteiger partial charge in [-0.2, -0.15) is 0 Å². The van der Waals surface area contributed by atoms with Crippen molar-refractivity contribution in [3.63, 3.8) is 0 Å². The Labute approximate surface area is 179 Å². The molecule has 31 heavy (non-hydrogen) atoms. The first-order chi connectivity index (χ1) is 14.9. The zero-order valence-electron chi connectivity index (χ0n) is 17.5. The Morgan fingerprint density at radius 2 is 1.87 bits per heavy atom. The Balaban J connectivity index is 1.62. The molecule has 0 spiro atoms. The fraction of sp³-hybridized carbons (Fsp3) is 0.292. The fourth-order valence-corrected chi connectivity index (χ4v) is 4.22. The molecule has 2 atom stereocenters. The van der Waals surface area contributed by atoms with Crippen LogP contribution in [-0.4, -0.2) is 41.0 Å². The molecule has 1 saturated heterocycles. The lowest BCUT2D eigenvalue weighted by molar-refractivity contribution is -0.129. The van der Waals surface area contributed by atoms with Crippen LogP contribution in [0.5, 0.6) is 5.75 Å². The van der Waals surface area contributed by atoms with Crippen molar-refractivity contribution in [3.8, 4) is 5.75 Å². The number of amides is 1. The van der Waals surface area contributed by atoms with E-state index in [1.54, 1.807) is 37.1 Å². The lowest BCUT2D eigenvalue weighted by Crippen LogP contribution is -2.30. The highest BCUT2D eigenvalue weighted by Crippen LogP contribution is 2.39. The molecule has 1 N–H and O–H groups in total. The van der Waals surface area contributed by atoms with Crippen molar-refractivity contribution in [3.05, 3.63) is 93.4 Å². The first-order valence-corrected chi connectivity index (χ1v) is 10.2. The van der Waals surface area contributed by atoms with Crippen LogP contribution in [0.1, 0.15) is 34.5 Å². The number of H-pyrrole nitrogens is 1. The van der Waals surface area contributed by atoms with Gasteiger partial charge in [-0.15, -0.1) is 0 Å². The third-order valence-electron chi connectivity index (χ3n) is 5.75. The largest absolute Gasteiger partial charge is 0.497 e. The van der Waals surface area contributed by atoms with Crippen molar-refractivity contribution >= 4 is 5.91 Å². The van der Waals surface area contributed by atoms with Crippen LogP contribution in [0.25, 0.3) is 0 Å². The minimum absolute atomic E-state index is 0.0458. The summed E-state index contributed by atoms with van der Waals surface area (Å²) in [5.41, 5.74) is 1.74. The molecule has 6 nitrogen and oxygen atoms in total. The summed E-state index contributed by atoms with van der Waals surface area (Å²) >= 11 is 0. The summed E-state index contributed by atoms with van der Waals surface area (Å²) in [6, 6.07) is 15.4. The molecule has 1 fully saturated rings. The van der Waals surface area contributed by atoms with E-state index in [0.29, 0.717) is 30.2 Å². The number of hydrogen-bond acceptors (Lipinski definition) is 4. The van der Waals surface area contributed by atoms with Gasteiger partial charge >= 0.3 is 0 Å². The number of aryl methyl sites for hydroxylation is 1. The molecular formula is C24H24FN3O3. The van der Waals surface area contributed by atoms with Gasteiger partial charge in [0, 0.05) is 31.0 Å². The zero-order chi connectivity index (χ0) is 22.0. The van der Waals surface area contributed by atoms with Crippen molar-refractivity contribution < 1.29 is 13.9 Å². The van der Waals surface area contributed by atoms with E-state index in [4.69, 9.17) is 4.74 Å². The second-order valence-corrected chi connectivity index (χ2v) is 7.81. The Morgan fingerprint density at radius 1 is 1.16 bits per heavy atom. The first-order valence-electron chi connectivity index (χ1n) is 10.2. The number of rotatable bonds is 5. The molecule has 1 aromatic heterocycles. The number of carbonyl (C=O) groups excluding carboxylic acids is 1. The minimum atomic E-state index is -0.316. The number of carbonyl (C=O) groups is 1. The normalized spacial score (nSPS) is 18.2. The number of methoxy groups -OCH3 is 1. The number of ether oxygens (including phenoxy) is 1. The first kappa shape index (κ1) is 20.8. The third-order valence-corrected chi connectivity index (χ3v) is 5.75. The van der Waals surface area contributed by atoms with Crippen LogP contribution in [0.3, 0.4) is 0 Å². The number of likely N-dealkylation sites (tertiary alicyclic amines) is 1. The molecular weight excluding hydrogens is 397 g/mol. The predicted octanol–water partition coefficient (Wildman–Crippen LogP) is 3.18. The van der Waals surface area contributed by atoms with Gasteiger partial charge < -0.3 is 14.6 Å². The zero-order valence-corrected chi connectivity index (χ0v) is 17.5. The van der Waals surface area contributed by atoms with E-state index in [1.165, 1.54) is 12.1 Å². The second kappa shape index (κ2) is 8.71. The Hall–Kier alpha value is -3.48. The highest BCUT2D eigenvalue weighted by atomic mass is 19.1. The average Bonchev–Trinajstić information content (AvgIpc) is 3.19. The van der Waals surface area contributed by atoms with Crippen molar-refractivity contribution in [2.75, 3.05) is 20.2 Å². The van der Waals surface area contributed by atoms with Gasteiger partial charge in [0.2, 0.25) is 5.91 Å². The van der Waals surface area contributed by atoms with E-state index >= 15 is 0 Å². The van der Waals surface area contributed by atoms with Crippen LogP contribution in [0.15, 0.2) is 59.4 Å². The van der Waals surface area contributed by atoms with E-state index in [0.717, 1.165) is 11.3 Å². The Kier molecular flexibility index (Phi) is 5.84. The molecule has 7 heteroatoms. The van der Waals surface area contributed by atoms with E-state index < -0.39 is 0 Å². The lowest BCUT2D eigenvalue weighted by atomic mass is 9.86. The number of aromatic nitrogens is 2. The van der Waals surface area contributed by atoms with E-state index in [-0.39, 0.29) is 35.5 Å². The van der Waals surface area contributed by atoms with E-state index in [1.807, 2.05) is 24.3 Å². The molecule has 2 heterocycles. The fourth-order valence-electron chi connectivity index (χ4n) is 4.22. The van der Waals surface area contributed by atoms with E-state index in [2.05, 4.69) is 9.97 Å². The SMILES string of the molecule is COc1ccc(CC(=O)N2C[C@@H](c3cc(=O)[nH]c(C)n3)[C@H](c3ccccc3F)C2)cc1. The molecule has 160 valence electrons. The number of hydrogen-bond donors (Lipinski definition) is 1. The number of halogens is 1. The third kappa shape index (κ3) is 4.50. The van der Waals surface area contributed by atoms with Crippen molar-refractivity contribution in [2.24, 2.45) is 0 Å². The number of aromatic amines is 1. The van der Waals surface area contributed by atoms with Gasteiger partial charge in [-0.25, -0.2) is 9.37 Å². The second-order valence-electron chi connectivity index (χ2n) is 7.81. The average molecular weight is 421 g/mol. The monoisotopic (exact) mass is 421 g/mol. The maximum Gasteiger partial charge on any atom is 0.251 e. The van der Waals surface area contributed by atoms with Crippen molar-refractivity contribution in [1.82, 2.24) is 14.9 Å². The van der Waals surface area contributed by atoms with Gasteiger partial charge in [-0.3, -0.25) is 9.59 Å². The van der Waals surface area contributed by atoms with Crippen molar-refractivity contribution in [1.29, 1.82) is 0 Å². The van der Waals surface area contributed by atoms with Gasteiger partial charge in [-0.1, -0.05) is 30.3 Å². The summed E-state index contributed by atoms with van der Waals surface area (Å²) in [4.78, 5) is 34.0. The van der Waals surface area contributed by atoms with Crippen LogP contribution in [0.2, 0.25) is 0 Å². The Bertz CT molecular complexity index is 1140. The van der Waals surface area contributed by atoms with Crippen LogP contribution < -0.4 is 10.3 Å². The van der Waals surface area contributed by atoms with Gasteiger partial charge in [0.25, 0.3) is 5.56 Å². The molecule has 0 radical (unpaired) electrons. The summed E-state index contributed by atoms with van der Waals surface area (Å²) in [5, 5.41) is 0. The lowest BCUT2D eigenvalue weighted by Gasteiger charge is -2.18. The number of nitrogens with zero attached hydrogens (tertiary/aromatic N) is 2. The van der Waals surface area contributed by atoms with Gasteiger partial charge in [0.15, 0.2) is 0 Å². The van der Waals surface area contributed by atoms with Crippen LogP contribution in [0, 0.1) is 12.7 Å².